The molecule has 0 spiro atoms. The summed E-state index contributed by atoms with van der Waals surface area (Å²) in [6, 6.07) is 2.77. The molecule has 1 aromatic heterocycles. The summed E-state index contributed by atoms with van der Waals surface area (Å²) < 4.78 is 40.7. The maximum atomic E-state index is 12.5. The summed E-state index contributed by atoms with van der Waals surface area (Å²) >= 11 is 18.4. The molecule has 11 heteroatoms. The molecule has 6 nitrogen and oxygen atoms in total. The maximum absolute atomic E-state index is 12.5. The monoisotopic (exact) mass is 442 g/mol. The van der Waals surface area contributed by atoms with Crippen molar-refractivity contribution in [2.24, 2.45) is 7.05 Å². The number of esters is 1. The van der Waals surface area contributed by atoms with Crippen LogP contribution in [0.3, 0.4) is 0 Å². The van der Waals surface area contributed by atoms with E-state index >= 15 is 0 Å². The first-order chi connectivity index (χ1) is 12.7. The molecule has 2 aromatic rings. The lowest BCUT2D eigenvalue weighted by atomic mass is 10.1. The highest BCUT2D eigenvalue weighted by molar-refractivity contribution is 6.39. The van der Waals surface area contributed by atoms with Crippen molar-refractivity contribution in [2.75, 3.05) is 13.2 Å². The van der Waals surface area contributed by atoms with Crippen molar-refractivity contribution in [2.45, 2.75) is 20.0 Å². The molecule has 0 aliphatic heterocycles. The lowest BCUT2D eigenvalue weighted by Crippen LogP contribution is -2.15. The van der Waals surface area contributed by atoms with E-state index in [4.69, 9.17) is 44.3 Å². The third-order valence-corrected chi connectivity index (χ3v) is 4.18. The number of rotatable bonds is 8. The summed E-state index contributed by atoms with van der Waals surface area (Å²) in [5, 5.41) is 4.19. The van der Waals surface area contributed by atoms with E-state index in [2.05, 4.69) is 9.84 Å². The van der Waals surface area contributed by atoms with Crippen LogP contribution in [0.25, 0.3) is 11.3 Å². The SMILES string of the molecule is CCCOC(=O)COc1cc(-c2nn(C)c(OC(F)F)c2Cl)c(Cl)cc1Cl. The van der Waals surface area contributed by atoms with Gasteiger partial charge in [0.15, 0.2) is 6.61 Å². The Morgan fingerprint density at radius 2 is 1.96 bits per heavy atom. The molecule has 0 aliphatic carbocycles. The number of carbonyl (C=O) groups excluding carboxylic acids is 1. The molecule has 0 fully saturated rings. The zero-order chi connectivity index (χ0) is 20.1. The summed E-state index contributed by atoms with van der Waals surface area (Å²) in [5.74, 6) is -0.756. The quantitative estimate of drug-likeness (QED) is 0.538. The zero-order valence-electron chi connectivity index (χ0n) is 14.3. The number of alkyl halides is 2. The molecule has 0 saturated carbocycles. The van der Waals surface area contributed by atoms with Crippen LogP contribution in [0.15, 0.2) is 12.1 Å². The fourth-order valence-corrected chi connectivity index (χ4v) is 2.92. The lowest BCUT2D eigenvalue weighted by molar-refractivity contribution is -0.146. The fourth-order valence-electron chi connectivity index (χ4n) is 2.08. The first-order valence-electron chi connectivity index (χ1n) is 7.69. The second-order valence-electron chi connectivity index (χ2n) is 5.24. The van der Waals surface area contributed by atoms with Crippen molar-refractivity contribution in [3.8, 4) is 22.9 Å². The van der Waals surface area contributed by atoms with Crippen molar-refractivity contribution in [1.82, 2.24) is 9.78 Å². The summed E-state index contributed by atoms with van der Waals surface area (Å²) in [6.07, 6.45) is 0.679. The van der Waals surface area contributed by atoms with Crippen molar-refractivity contribution >= 4 is 40.8 Å². The van der Waals surface area contributed by atoms with Crippen molar-refractivity contribution in [3.63, 3.8) is 0 Å². The molecule has 1 aromatic carbocycles. The molecule has 148 valence electrons. The number of benzene rings is 1. The molecule has 0 atom stereocenters. The number of halogens is 5. The first-order valence-corrected chi connectivity index (χ1v) is 8.83. The number of aromatic nitrogens is 2. The van der Waals surface area contributed by atoms with Gasteiger partial charge in [-0.1, -0.05) is 41.7 Å². The number of hydrogen-bond donors (Lipinski definition) is 0. The van der Waals surface area contributed by atoms with E-state index in [0.29, 0.717) is 6.42 Å². The van der Waals surface area contributed by atoms with Gasteiger partial charge in [-0.25, -0.2) is 9.48 Å². The smallest absolute Gasteiger partial charge is 0.388 e. The minimum atomic E-state index is -3.07. The number of aryl methyl sites for hydroxylation is 1. The molecule has 0 radical (unpaired) electrons. The Hall–Kier alpha value is -1.77. The zero-order valence-corrected chi connectivity index (χ0v) is 16.5. The minimum Gasteiger partial charge on any atom is -0.480 e. The maximum Gasteiger partial charge on any atom is 0.388 e. The molecular weight excluding hydrogens is 429 g/mol. The highest BCUT2D eigenvalue weighted by atomic mass is 35.5. The van der Waals surface area contributed by atoms with Gasteiger partial charge in [-0.3, -0.25) is 0 Å². The Labute approximate surface area is 168 Å². The topological polar surface area (TPSA) is 62.6 Å². The van der Waals surface area contributed by atoms with Gasteiger partial charge in [0.2, 0.25) is 5.88 Å². The molecule has 0 N–H and O–H groups in total. The second kappa shape index (κ2) is 9.43. The van der Waals surface area contributed by atoms with Crippen LogP contribution < -0.4 is 9.47 Å². The van der Waals surface area contributed by atoms with Gasteiger partial charge in [0.25, 0.3) is 0 Å². The molecule has 2 rings (SSSR count). The van der Waals surface area contributed by atoms with Gasteiger partial charge in [0, 0.05) is 12.6 Å². The Morgan fingerprint density at radius 3 is 2.59 bits per heavy atom. The van der Waals surface area contributed by atoms with Crippen molar-refractivity contribution in [1.29, 1.82) is 0 Å². The second-order valence-corrected chi connectivity index (χ2v) is 6.43. The average molecular weight is 444 g/mol. The number of carbonyl (C=O) groups is 1. The lowest BCUT2D eigenvalue weighted by Gasteiger charge is -2.11. The van der Waals surface area contributed by atoms with Crippen LogP contribution in [-0.2, 0) is 16.6 Å². The number of nitrogens with zero attached hydrogens (tertiary/aromatic N) is 2. The van der Waals surface area contributed by atoms with E-state index in [0.717, 1.165) is 4.68 Å². The van der Waals surface area contributed by atoms with Gasteiger partial charge in [0.1, 0.15) is 16.5 Å². The molecule has 27 heavy (non-hydrogen) atoms. The van der Waals surface area contributed by atoms with Gasteiger partial charge in [-0.05, 0) is 18.6 Å². The average Bonchev–Trinajstić information content (AvgIpc) is 2.87. The summed E-state index contributed by atoms with van der Waals surface area (Å²) in [6.45, 7) is -1.30. The molecule has 0 amide bonds. The molecule has 1 heterocycles. The van der Waals surface area contributed by atoms with Crippen molar-refractivity contribution in [3.05, 3.63) is 27.2 Å². The van der Waals surface area contributed by atoms with Crippen LogP contribution in [0.5, 0.6) is 11.6 Å². The van der Waals surface area contributed by atoms with Crippen LogP contribution in [0, 0.1) is 0 Å². The van der Waals surface area contributed by atoms with E-state index in [1.54, 1.807) is 0 Å². The van der Waals surface area contributed by atoms with Crippen molar-refractivity contribution < 1.29 is 27.8 Å². The Bertz CT molecular complexity index is 830. The molecule has 0 bridgehead atoms. The molecule has 0 saturated heterocycles. The number of ether oxygens (including phenoxy) is 3. The predicted octanol–water partition coefficient (Wildman–Crippen LogP) is 4.98. The summed E-state index contributed by atoms with van der Waals surface area (Å²) in [4.78, 5) is 11.6. The van der Waals surface area contributed by atoms with Crippen LogP contribution in [-0.4, -0.2) is 35.6 Å². The van der Waals surface area contributed by atoms with Crippen LogP contribution in [0.1, 0.15) is 13.3 Å². The van der Waals surface area contributed by atoms with Gasteiger partial charge < -0.3 is 14.2 Å². The Balaban J connectivity index is 2.32. The third-order valence-electron chi connectivity index (χ3n) is 3.23. The Morgan fingerprint density at radius 1 is 1.26 bits per heavy atom. The van der Waals surface area contributed by atoms with Gasteiger partial charge in [-0.2, -0.15) is 13.9 Å². The van der Waals surface area contributed by atoms with E-state index in [1.807, 2.05) is 6.92 Å². The van der Waals surface area contributed by atoms with Gasteiger partial charge in [0.05, 0.1) is 16.7 Å². The first kappa shape index (κ1) is 21.5. The highest BCUT2D eigenvalue weighted by Gasteiger charge is 2.23. The van der Waals surface area contributed by atoms with E-state index in [9.17, 15) is 13.6 Å². The molecular formula is C16H15Cl3F2N2O4. The van der Waals surface area contributed by atoms with Crippen LogP contribution in [0.4, 0.5) is 8.78 Å². The fraction of sp³-hybridized carbons (Fsp3) is 0.375. The standard InChI is InChI=1S/C16H15Cl3F2N2O4/c1-3-4-25-12(24)7-26-11-5-8(9(17)6-10(11)18)14-13(19)15(23(2)22-14)27-16(20)21/h5-6,16H,3-4,7H2,1-2H3. The van der Waals surface area contributed by atoms with E-state index in [1.165, 1.54) is 19.2 Å². The summed E-state index contributed by atoms with van der Waals surface area (Å²) in [7, 11) is 1.39. The van der Waals surface area contributed by atoms with Gasteiger partial charge >= 0.3 is 12.6 Å². The summed E-state index contributed by atoms with van der Waals surface area (Å²) in [5.41, 5.74) is 0.359. The normalized spacial score (nSPS) is 11.0. The molecule has 0 aliphatic rings. The van der Waals surface area contributed by atoms with Crippen LogP contribution >= 0.6 is 34.8 Å². The van der Waals surface area contributed by atoms with E-state index in [-0.39, 0.29) is 51.2 Å². The minimum absolute atomic E-state index is 0.0925. The highest BCUT2D eigenvalue weighted by Crippen LogP contribution is 2.42. The largest absolute Gasteiger partial charge is 0.480 e. The number of hydrogen-bond acceptors (Lipinski definition) is 5. The molecule has 0 unspecified atom stereocenters. The third kappa shape index (κ3) is 5.37. The predicted molar refractivity (Wildman–Crippen MR) is 97.1 cm³/mol. The van der Waals surface area contributed by atoms with E-state index < -0.39 is 12.6 Å². The van der Waals surface area contributed by atoms with Crippen LogP contribution in [0.2, 0.25) is 15.1 Å². The van der Waals surface area contributed by atoms with Gasteiger partial charge in [-0.15, -0.1) is 0 Å². The Kier molecular flexibility index (Phi) is 7.52.